The van der Waals surface area contributed by atoms with E-state index in [4.69, 9.17) is 4.42 Å². The Morgan fingerprint density at radius 1 is 1.03 bits per heavy atom. The van der Waals surface area contributed by atoms with E-state index < -0.39 is 23.6 Å². The predicted octanol–water partition coefficient (Wildman–Crippen LogP) is 4.93. The molecule has 1 heterocycles. The zero-order valence-electron chi connectivity index (χ0n) is 15.2. The molecule has 8 heteroatoms. The molecule has 0 unspecified atom stereocenters. The highest BCUT2D eigenvalue weighted by molar-refractivity contribution is 6.02. The molecular formula is C21H16F3NO4. The lowest BCUT2D eigenvalue weighted by molar-refractivity contribution is -0.140. The fraction of sp³-hybridized carbons (Fsp3) is 0.143. The van der Waals surface area contributed by atoms with Gasteiger partial charge >= 0.3 is 12.1 Å². The Kier molecular flexibility index (Phi) is 5.72. The number of carbonyl (C=O) groups is 2. The van der Waals surface area contributed by atoms with Gasteiger partial charge in [0.1, 0.15) is 5.76 Å². The van der Waals surface area contributed by atoms with Crippen LogP contribution in [0.5, 0.6) is 0 Å². The Balaban J connectivity index is 1.75. The zero-order valence-corrected chi connectivity index (χ0v) is 15.2. The van der Waals surface area contributed by atoms with E-state index in [2.05, 4.69) is 10.1 Å². The topological polar surface area (TPSA) is 68.5 Å². The predicted molar refractivity (Wildman–Crippen MR) is 99.3 cm³/mol. The number of alkyl halides is 3. The van der Waals surface area contributed by atoms with Crippen LogP contribution in [-0.2, 0) is 22.1 Å². The SMILES string of the molecule is COC(=O)Cc1cccc(NC(=O)c2ccc(-c3cccc(C(F)(F)F)c3)o2)c1. The minimum atomic E-state index is -4.47. The molecule has 1 N–H and O–H groups in total. The van der Waals surface area contributed by atoms with Crippen molar-refractivity contribution < 1.29 is 31.9 Å². The summed E-state index contributed by atoms with van der Waals surface area (Å²) in [7, 11) is 1.28. The zero-order chi connectivity index (χ0) is 21.0. The number of hydrogen-bond acceptors (Lipinski definition) is 4. The Hall–Kier alpha value is -3.55. The van der Waals surface area contributed by atoms with Gasteiger partial charge in [-0.25, -0.2) is 0 Å². The number of esters is 1. The number of hydrogen-bond donors (Lipinski definition) is 1. The van der Waals surface area contributed by atoms with Crippen molar-refractivity contribution in [3.8, 4) is 11.3 Å². The molecule has 0 fully saturated rings. The summed E-state index contributed by atoms with van der Waals surface area (Å²) < 4.78 is 48.6. The van der Waals surface area contributed by atoms with Crippen molar-refractivity contribution in [1.29, 1.82) is 0 Å². The fourth-order valence-corrected chi connectivity index (χ4v) is 2.65. The Morgan fingerprint density at radius 3 is 2.52 bits per heavy atom. The van der Waals surface area contributed by atoms with Crippen LogP contribution in [0.1, 0.15) is 21.7 Å². The van der Waals surface area contributed by atoms with E-state index in [1.165, 1.54) is 31.4 Å². The third-order valence-electron chi connectivity index (χ3n) is 4.07. The molecule has 1 amide bonds. The molecule has 29 heavy (non-hydrogen) atoms. The Labute approximate surface area is 164 Å². The summed E-state index contributed by atoms with van der Waals surface area (Å²) >= 11 is 0. The molecule has 0 saturated heterocycles. The number of ether oxygens (including phenoxy) is 1. The lowest BCUT2D eigenvalue weighted by Crippen LogP contribution is -2.11. The minimum Gasteiger partial charge on any atom is -0.469 e. The van der Waals surface area contributed by atoms with Gasteiger partial charge in [0.15, 0.2) is 5.76 Å². The molecule has 0 aliphatic carbocycles. The van der Waals surface area contributed by atoms with E-state index in [0.29, 0.717) is 11.3 Å². The molecule has 150 valence electrons. The molecule has 0 bridgehead atoms. The molecule has 5 nitrogen and oxygen atoms in total. The monoisotopic (exact) mass is 403 g/mol. The average Bonchev–Trinajstić information content (AvgIpc) is 3.18. The van der Waals surface area contributed by atoms with Gasteiger partial charge in [-0.1, -0.05) is 24.3 Å². The first-order valence-electron chi connectivity index (χ1n) is 8.51. The Morgan fingerprint density at radius 2 is 1.79 bits per heavy atom. The molecule has 0 radical (unpaired) electrons. The van der Waals surface area contributed by atoms with Crippen molar-refractivity contribution in [3.05, 3.63) is 77.6 Å². The van der Waals surface area contributed by atoms with Crippen molar-refractivity contribution >= 4 is 17.6 Å². The standard InChI is InChI=1S/C21H16F3NO4/c1-28-19(26)11-13-4-2-7-16(10-13)25-20(27)18-9-8-17(29-18)14-5-3-6-15(12-14)21(22,23)24/h2-10,12H,11H2,1H3,(H,25,27). The maximum absolute atomic E-state index is 12.9. The first-order chi connectivity index (χ1) is 13.8. The maximum Gasteiger partial charge on any atom is 0.416 e. The number of anilines is 1. The van der Waals surface area contributed by atoms with Gasteiger partial charge in [0.2, 0.25) is 0 Å². The van der Waals surface area contributed by atoms with Crippen LogP contribution in [0.3, 0.4) is 0 Å². The number of carbonyl (C=O) groups excluding carboxylic acids is 2. The van der Waals surface area contributed by atoms with Gasteiger partial charge in [-0.3, -0.25) is 9.59 Å². The van der Waals surface area contributed by atoms with Crippen molar-refractivity contribution in [3.63, 3.8) is 0 Å². The third-order valence-corrected chi connectivity index (χ3v) is 4.07. The minimum absolute atomic E-state index is 0.0562. The van der Waals surface area contributed by atoms with Gasteiger partial charge in [-0.05, 0) is 42.0 Å². The summed E-state index contributed by atoms with van der Waals surface area (Å²) in [6, 6.07) is 14.1. The first-order valence-corrected chi connectivity index (χ1v) is 8.51. The quantitative estimate of drug-likeness (QED) is 0.613. The second-order valence-electron chi connectivity index (χ2n) is 6.15. The van der Waals surface area contributed by atoms with Crippen LogP contribution in [-0.4, -0.2) is 19.0 Å². The van der Waals surface area contributed by atoms with Crippen LogP contribution in [0.15, 0.2) is 65.1 Å². The molecule has 0 aliphatic heterocycles. The van der Waals surface area contributed by atoms with Crippen LogP contribution in [0.4, 0.5) is 18.9 Å². The van der Waals surface area contributed by atoms with Gasteiger partial charge in [0, 0.05) is 11.3 Å². The van der Waals surface area contributed by atoms with E-state index in [1.54, 1.807) is 24.3 Å². The summed E-state index contributed by atoms with van der Waals surface area (Å²) in [6.07, 6.45) is -4.42. The second-order valence-corrected chi connectivity index (χ2v) is 6.15. The smallest absolute Gasteiger partial charge is 0.416 e. The average molecular weight is 403 g/mol. The lowest BCUT2D eigenvalue weighted by atomic mass is 10.1. The van der Waals surface area contributed by atoms with Gasteiger partial charge in [-0.15, -0.1) is 0 Å². The first kappa shape index (κ1) is 20.2. The van der Waals surface area contributed by atoms with Gasteiger partial charge in [-0.2, -0.15) is 13.2 Å². The number of methoxy groups -OCH3 is 1. The van der Waals surface area contributed by atoms with Crippen LogP contribution >= 0.6 is 0 Å². The van der Waals surface area contributed by atoms with Crippen LogP contribution in [0.2, 0.25) is 0 Å². The van der Waals surface area contributed by atoms with Gasteiger partial charge in [0.05, 0.1) is 19.1 Å². The summed E-state index contributed by atoms with van der Waals surface area (Å²) in [6.45, 7) is 0. The number of furan rings is 1. The van der Waals surface area contributed by atoms with Crippen LogP contribution in [0.25, 0.3) is 11.3 Å². The van der Waals surface area contributed by atoms with Crippen molar-refractivity contribution in [1.82, 2.24) is 0 Å². The van der Waals surface area contributed by atoms with Crippen molar-refractivity contribution in [2.45, 2.75) is 12.6 Å². The lowest BCUT2D eigenvalue weighted by Gasteiger charge is -2.07. The largest absolute Gasteiger partial charge is 0.469 e. The van der Waals surface area contributed by atoms with E-state index in [9.17, 15) is 22.8 Å². The van der Waals surface area contributed by atoms with E-state index in [0.717, 1.165) is 12.1 Å². The molecular weight excluding hydrogens is 387 g/mol. The number of nitrogens with one attached hydrogen (secondary N) is 1. The highest BCUT2D eigenvalue weighted by Gasteiger charge is 2.30. The number of benzene rings is 2. The fourth-order valence-electron chi connectivity index (χ4n) is 2.65. The van der Waals surface area contributed by atoms with Gasteiger partial charge < -0.3 is 14.5 Å². The van der Waals surface area contributed by atoms with E-state index in [1.807, 2.05) is 0 Å². The summed E-state index contributed by atoms with van der Waals surface area (Å²) in [5, 5.41) is 2.63. The van der Waals surface area contributed by atoms with Gasteiger partial charge in [0.25, 0.3) is 5.91 Å². The number of halogens is 3. The second kappa shape index (κ2) is 8.22. The van der Waals surface area contributed by atoms with Crippen LogP contribution in [0, 0.1) is 0 Å². The summed E-state index contributed by atoms with van der Waals surface area (Å²) in [4.78, 5) is 23.8. The Bertz CT molecular complexity index is 1040. The normalized spacial score (nSPS) is 11.2. The van der Waals surface area contributed by atoms with E-state index in [-0.39, 0.29) is 23.5 Å². The maximum atomic E-state index is 12.9. The molecule has 0 aliphatic rings. The highest BCUT2D eigenvalue weighted by Crippen LogP contribution is 2.32. The summed E-state index contributed by atoms with van der Waals surface area (Å²) in [5.74, 6) is -0.903. The van der Waals surface area contributed by atoms with Crippen LogP contribution < -0.4 is 5.32 Å². The van der Waals surface area contributed by atoms with Crippen molar-refractivity contribution in [2.75, 3.05) is 12.4 Å². The van der Waals surface area contributed by atoms with E-state index >= 15 is 0 Å². The third kappa shape index (κ3) is 5.04. The molecule has 3 rings (SSSR count). The molecule has 0 spiro atoms. The van der Waals surface area contributed by atoms with Crippen molar-refractivity contribution in [2.24, 2.45) is 0 Å². The molecule has 2 aromatic carbocycles. The number of rotatable bonds is 5. The molecule has 3 aromatic rings. The molecule has 0 atom stereocenters. The summed E-state index contributed by atoms with van der Waals surface area (Å²) in [5.41, 5.74) is 0.492. The molecule has 0 saturated carbocycles. The number of amides is 1. The highest BCUT2D eigenvalue weighted by atomic mass is 19.4. The molecule has 1 aromatic heterocycles.